The van der Waals surface area contributed by atoms with Crippen molar-refractivity contribution < 1.29 is 9.53 Å². The van der Waals surface area contributed by atoms with Gasteiger partial charge in [-0.2, -0.15) is 0 Å². The highest BCUT2D eigenvalue weighted by Gasteiger charge is 2.18. The van der Waals surface area contributed by atoms with Gasteiger partial charge in [-0.05, 0) is 19.1 Å². The molecule has 5 heteroatoms. The molecule has 0 saturated carbocycles. The minimum Gasteiger partial charge on any atom is -0.383 e. The fraction of sp³-hybridized carbons (Fsp3) is 0.375. The highest BCUT2D eigenvalue weighted by molar-refractivity contribution is 6.18. The number of para-hydroxylation sites is 1. The maximum Gasteiger partial charge on any atom is 0.254 e. The number of halogens is 1. The smallest absolute Gasteiger partial charge is 0.254 e. The lowest BCUT2D eigenvalue weighted by atomic mass is 10.1. The maximum absolute atomic E-state index is 12.8. The van der Waals surface area contributed by atoms with Crippen molar-refractivity contribution in [2.24, 2.45) is 0 Å². The van der Waals surface area contributed by atoms with Crippen LogP contribution in [0.25, 0.3) is 10.9 Å². The first kappa shape index (κ1) is 15.7. The molecular formula is C16H19ClN2O2. The lowest BCUT2D eigenvalue weighted by Gasteiger charge is -2.22. The number of aryl methyl sites for hydroxylation is 1. The number of benzene rings is 1. The third-order valence-corrected chi connectivity index (χ3v) is 3.45. The zero-order valence-electron chi connectivity index (χ0n) is 12.3. The largest absolute Gasteiger partial charge is 0.383 e. The summed E-state index contributed by atoms with van der Waals surface area (Å²) in [4.78, 5) is 19.0. The van der Waals surface area contributed by atoms with Crippen molar-refractivity contribution in [3.63, 3.8) is 0 Å². The second-order valence-corrected chi connectivity index (χ2v) is 5.18. The molecule has 0 aliphatic rings. The number of fused-ring (bicyclic) bond motifs is 1. The molecule has 0 aliphatic heterocycles. The van der Waals surface area contributed by atoms with Crippen LogP contribution < -0.4 is 0 Å². The van der Waals surface area contributed by atoms with Gasteiger partial charge < -0.3 is 9.64 Å². The van der Waals surface area contributed by atoms with Gasteiger partial charge in [0.05, 0.1) is 17.7 Å². The van der Waals surface area contributed by atoms with Crippen molar-refractivity contribution in [3.8, 4) is 0 Å². The molecule has 1 heterocycles. The summed E-state index contributed by atoms with van der Waals surface area (Å²) in [7, 11) is 1.62. The van der Waals surface area contributed by atoms with E-state index in [-0.39, 0.29) is 5.91 Å². The van der Waals surface area contributed by atoms with Gasteiger partial charge in [-0.3, -0.25) is 9.78 Å². The van der Waals surface area contributed by atoms with Crippen LogP contribution in [-0.4, -0.2) is 48.5 Å². The molecule has 1 aromatic carbocycles. The molecule has 0 N–H and O–H groups in total. The van der Waals surface area contributed by atoms with Gasteiger partial charge in [-0.25, -0.2) is 0 Å². The van der Waals surface area contributed by atoms with Crippen LogP contribution in [0.3, 0.4) is 0 Å². The summed E-state index contributed by atoms with van der Waals surface area (Å²) in [6.45, 7) is 3.41. The Morgan fingerprint density at radius 1 is 1.33 bits per heavy atom. The summed E-state index contributed by atoms with van der Waals surface area (Å²) in [6, 6.07) is 9.50. The molecule has 0 fully saturated rings. The van der Waals surface area contributed by atoms with Crippen LogP contribution in [0.4, 0.5) is 0 Å². The highest BCUT2D eigenvalue weighted by Crippen LogP contribution is 2.20. The minimum absolute atomic E-state index is 0.0330. The molecule has 0 radical (unpaired) electrons. The predicted octanol–water partition coefficient (Wildman–Crippen LogP) is 2.87. The molecule has 1 amide bonds. The zero-order valence-corrected chi connectivity index (χ0v) is 13.1. The summed E-state index contributed by atoms with van der Waals surface area (Å²) in [6.07, 6.45) is 0. The van der Waals surface area contributed by atoms with E-state index in [1.807, 2.05) is 37.3 Å². The van der Waals surface area contributed by atoms with Crippen molar-refractivity contribution in [1.82, 2.24) is 9.88 Å². The van der Waals surface area contributed by atoms with Crippen molar-refractivity contribution in [2.75, 3.05) is 32.7 Å². The number of carbonyl (C=O) groups excluding carboxylic acids is 1. The van der Waals surface area contributed by atoms with E-state index < -0.39 is 0 Å². The second kappa shape index (κ2) is 7.38. The molecule has 4 nitrogen and oxygen atoms in total. The lowest BCUT2D eigenvalue weighted by molar-refractivity contribution is 0.0709. The Bertz CT molecular complexity index is 631. The molecule has 0 atom stereocenters. The Morgan fingerprint density at radius 2 is 2.10 bits per heavy atom. The average molecular weight is 307 g/mol. The standard InChI is InChI=1S/C16H19ClN2O2/c1-12-11-14(13-5-3-4-6-15(13)18-12)16(20)19(8-7-17)9-10-21-2/h3-6,11H,7-10H2,1-2H3. The number of nitrogens with zero attached hydrogens (tertiary/aromatic N) is 2. The number of rotatable bonds is 6. The maximum atomic E-state index is 12.8. The van der Waals surface area contributed by atoms with Crippen molar-refractivity contribution in [1.29, 1.82) is 0 Å². The van der Waals surface area contributed by atoms with E-state index in [1.54, 1.807) is 12.0 Å². The number of ether oxygens (including phenoxy) is 1. The summed E-state index contributed by atoms with van der Waals surface area (Å²) >= 11 is 5.81. The normalized spacial score (nSPS) is 10.8. The van der Waals surface area contributed by atoms with Crippen LogP contribution in [-0.2, 0) is 4.74 Å². The number of hydrogen-bond acceptors (Lipinski definition) is 3. The summed E-state index contributed by atoms with van der Waals surface area (Å²) in [5, 5.41) is 0.866. The van der Waals surface area contributed by atoms with Gasteiger partial charge in [-0.15, -0.1) is 11.6 Å². The van der Waals surface area contributed by atoms with Crippen LogP contribution in [0.1, 0.15) is 16.1 Å². The van der Waals surface area contributed by atoms with Gasteiger partial charge in [0.1, 0.15) is 0 Å². The van der Waals surface area contributed by atoms with E-state index in [4.69, 9.17) is 16.3 Å². The highest BCUT2D eigenvalue weighted by atomic mass is 35.5. The number of aromatic nitrogens is 1. The first-order valence-electron chi connectivity index (χ1n) is 6.88. The number of pyridine rings is 1. The first-order valence-corrected chi connectivity index (χ1v) is 7.41. The van der Waals surface area contributed by atoms with E-state index >= 15 is 0 Å². The Kier molecular flexibility index (Phi) is 5.53. The Labute approximate surface area is 129 Å². The first-order chi connectivity index (χ1) is 10.2. The van der Waals surface area contributed by atoms with Crippen LogP contribution in [0, 0.1) is 6.92 Å². The number of carbonyl (C=O) groups is 1. The fourth-order valence-electron chi connectivity index (χ4n) is 2.27. The Morgan fingerprint density at radius 3 is 2.81 bits per heavy atom. The third-order valence-electron chi connectivity index (χ3n) is 3.28. The quantitative estimate of drug-likeness (QED) is 0.771. The summed E-state index contributed by atoms with van der Waals surface area (Å²) < 4.78 is 5.07. The minimum atomic E-state index is -0.0330. The number of alkyl halides is 1. The predicted molar refractivity (Wildman–Crippen MR) is 85.0 cm³/mol. The van der Waals surface area contributed by atoms with Gasteiger partial charge in [0.15, 0.2) is 0 Å². The van der Waals surface area contributed by atoms with Crippen molar-refractivity contribution >= 4 is 28.4 Å². The van der Waals surface area contributed by atoms with Gasteiger partial charge in [0.25, 0.3) is 5.91 Å². The van der Waals surface area contributed by atoms with Crippen molar-refractivity contribution in [2.45, 2.75) is 6.92 Å². The summed E-state index contributed by atoms with van der Waals surface area (Å²) in [5.74, 6) is 0.367. The van der Waals surface area contributed by atoms with Crippen LogP contribution in [0.15, 0.2) is 30.3 Å². The van der Waals surface area contributed by atoms with E-state index in [0.717, 1.165) is 16.6 Å². The molecule has 21 heavy (non-hydrogen) atoms. The monoisotopic (exact) mass is 306 g/mol. The van der Waals surface area contributed by atoms with E-state index in [9.17, 15) is 4.79 Å². The fourth-order valence-corrected chi connectivity index (χ4v) is 2.48. The lowest BCUT2D eigenvalue weighted by Crippen LogP contribution is -2.35. The SMILES string of the molecule is COCCN(CCCl)C(=O)c1cc(C)nc2ccccc12. The van der Waals surface area contributed by atoms with E-state index in [0.29, 0.717) is 31.1 Å². The topological polar surface area (TPSA) is 42.4 Å². The van der Waals surface area contributed by atoms with Gasteiger partial charge in [0.2, 0.25) is 0 Å². The van der Waals surface area contributed by atoms with E-state index in [2.05, 4.69) is 4.98 Å². The molecule has 0 unspecified atom stereocenters. The molecular weight excluding hydrogens is 288 g/mol. The van der Waals surface area contributed by atoms with Crippen LogP contribution >= 0.6 is 11.6 Å². The second-order valence-electron chi connectivity index (χ2n) is 4.80. The Hall–Kier alpha value is -1.65. The van der Waals surface area contributed by atoms with Gasteiger partial charge in [0, 0.05) is 37.2 Å². The molecule has 1 aromatic heterocycles. The van der Waals surface area contributed by atoms with Gasteiger partial charge >= 0.3 is 0 Å². The molecule has 0 saturated heterocycles. The number of methoxy groups -OCH3 is 1. The molecule has 0 bridgehead atoms. The van der Waals surface area contributed by atoms with E-state index in [1.165, 1.54) is 0 Å². The molecule has 0 aliphatic carbocycles. The van der Waals surface area contributed by atoms with Crippen LogP contribution in [0.5, 0.6) is 0 Å². The Balaban J connectivity index is 2.41. The zero-order chi connectivity index (χ0) is 15.2. The van der Waals surface area contributed by atoms with Crippen LogP contribution in [0.2, 0.25) is 0 Å². The molecule has 2 aromatic rings. The third kappa shape index (κ3) is 3.71. The number of amides is 1. The number of hydrogen-bond donors (Lipinski definition) is 0. The average Bonchev–Trinajstić information content (AvgIpc) is 2.50. The molecule has 0 spiro atoms. The molecule has 112 valence electrons. The van der Waals surface area contributed by atoms with Crippen molar-refractivity contribution in [3.05, 3.63) is 41.6 Å². The summed E-state index contributed by atoms with van der Waals surface area (Å²) in [5.41, 5.74) is 2.33. The van der Waals surface area contributed by atoms with Gasteiger partial charge in [-0.1, -0.05) is 18.2 Å². The molecule has 2 rings (SSSR count).